The van der Waals surface area contributed by atoms with E-state index in [2.05, 4.69) is 46.0 Å². The lowest BCUT2D eigenvalue weighted by Gasteiger charge is -2.10. The smallest absolute Gasteiger partial charge is 0.254 e. The molecule has 0 unspecified atom stereocenters. The van der Waals surface area contributed by atoms with Gasteiger partial charge in [0.1, 0.15) is 5.75 Å². The molecule has 0 N–H and O–H groups in total. The van der Waals surface area contributed by atoms with Gasteiger partial charge in [-0.2, -0.15) is 0 Å². The van der Waals surface area contributed by atoms with E-state index in [1.165, 1.54) is 5.56 Å². The molecule has 6 heteroatoms. The molecule has 2 aromatic carbocycles. The molecular formula is C18H16BrClN2O2. The van der Waals surface area contributed by atoms with Crippen molar-refractivity contribution in [2.45, 2.75) is 26.4 Å². The monoisotopic (exact) mass is 406 g/mol. The molecule has 0 aliphatic carbocycles. The highest BCUT2D eigenvalue weighted by Crippen LogP contribution is 2.30. The van der Waals surface area contributed by atoms with Gasteiger partial charge in [-0.05, 0) is 51.7 Å². The molecule has 0 fully saturated rings. The molecule has 1 aromatic heterocycles. The molecule has 0 aliphatic rings. The van der Waals surface area contributed by atoms with Crippen molar-refractivity contribution in [2.75, 3.05) is 0 Å². The lowest BCUT2D eigenvalue weighted by molar-refractivity contribution is 0.263. The topological polar surface area (TPSA) is 48.2 Å². The quantitative estimate of drug-likeness (QED) is 0.532. The first-order valence-corrected chi connectivity index (χ1v) is 8.71. The van der Waals surface area contributed by atoms with Crippen LogP contribution in [0.3, 0.4) is 0 Å². The summed E-state index contributed by atoms with van der Waals surface area (Å²) in [6.45, 7) is 4.49. The second-order valence-electron chi connectivity index (χ2n) is 5.61. The van der Waals surface area contributed by atoms with E-state index in [1.807, 2.05) is 30.3 Å². The molecule has 0 spiro atoms. The van der Waals surface area contributed by atoms with Gasteiger partial charge < -0.3 is 9.15 Å². The average Bonchev–Trinajstić information content (AvgIpc) is 3.02. The van der Waals surface area contributed by atoms with Crippen molar-refractivity contribution >= 4 is 27.5 Å². The SMILES string of the molecule is CC(C)c1ccc(OCc2nnc(-c3ccccc3Cl)o2)c(Br)c1. The van der Waals surface area contributed by atoms with Crippen LogP contribution in [-0.4, -0.2) is 10.2 Å². The molecule has 24 heavy (non-hydrogen) atoms. The Balaban J connectivity index is 1.71. The number of benzene rings is 2. The fourth-order valence-corrected chi connectivity index (χ4v) is 2.92. The van der Waals surface area contributed by atoms with E-state index in [-0.39, 0.29) is 6.61 Å². The average molecular weight is 408 g/mol. The normalized spacial score (nSPS) is 11.0. The zero-order valence-electron chi connectivity index (χ0n) is 13.3. The molecule has 0 aliphatic heterocycles. The molecule has 0 bridgehead atoms. The van der Waals surface area contributed by atoms with E-state index in [9.17, 15) is 0 Å². The van der Waals surface area contributed by atoms with E-state index >= 15 is 0 Å². The second kappa shape index (κ2) is 7.36. The predicted octanol–water partition coefficient (Wildman–Crippen LogP) is 5.85. The number of rotatable bonds is 5. The van der Waals surface area contributed by atoms with Gasteiger partial charge in [0.05, 0.1) is 15.1 Å². The molecule has 124 valence electrons. The minimum absolute atomic E-state index is 0.192. The van der Waals surface area contributed by atoms with Crippen molar-refractivity contribution in [3.05, 3.63) is 63.4 Å². The van der Waals surface area contributed by atoms with E-state index < -0.39 is 0 Å². The zero-order valence-corrected chi connectivity index (χ0v) is 15.6. The number of halogens is 2. The Morgan fingerprint density at radius 3 is 2.67 bits per heavy atom. The summed E-state index contributed by atoms with van der Waals surface area (Å²) in [4.78, 5) is 0. The van der Waals surface area contributed by atoms with Crippen molar-refractivity contribution in [3.8, 4) is 17.2 Å². The number of aromatic nitrogens is 2. The molecule has 3 rings (SSSR count). The van der Waals surface area contributed by atoms with E-state index in [0.717, 1.165) is 10.2 Å². The largest absolute Gasteiger partial charge is 0.483 e. The van der Waals surface area contributed by atoms with Crippen LogP contribution in [0.15, 0.2) is 51.4 Å². The maximum Gasteiger partial charge on any atom is 0.254 e. The van der Waals surface area contributed by atoms with Gasteiger partial charge in [-0.3, -0.25) is 0 Å². The standard InChI is InChI=1S/C18H16BrClN2O2/c1-11(2)12-7-8-16(14(19)9-12)23-10-17-21-22-18(24-17)13-5-3-4-6-15(13)20/h3-9,11H,10H2,1-2H3. The van der Waals surface area contributed by atoms with E-state index in [1.54, 1.807) is 6.07 Å². The summed E-state index contributed by atoms with van der Waals surface area (Å²) in [5, 5.41) is 8.61. The molecule has 4 nitrogen and oxygen atoms in total. The van der Waals surface area contributed by atoms with Gasteiger partial charge >= 0.3 is 0 Å². The molecule has 0 amide bonds. The molecule has 0 saturated carbocycles. The van der Waals surface area contributed by atoms with Crippen molar-refractivity contribution in [2.24, 2.45) is 0 Å². The Morgan fingerprint density at radius 2 is 1.96 bits per heavy atom. The molecule has 0 radical (unpaired) electrons. The van der Waals surface area contributed by atoms with Gasteiger partial charge in [-0.1, -0.05) is 43.6 Å². The van der Waals surface area contributed by atoms with Gasteiger partial charge in [-0.25, -0.2) is 0 Å². The third-order valence-corrected chi connectivity index (χ3v) is 4.49. The minimum atomic E-state index is 0.192. The van der Waals surface area contributed by atoms with E-state index in [4.69, 9.17) is 20.8 Å². The molecule has 3 aromatic rings. The summed E-state index contributed by atoms with van der Waals surface area (Å²) in [6.07, 6.45) is 0. The lowest BCUT2D eigenvalue weighted by Crippen LogP contribution is -1.97. The van der Waals surface area contributed by atoms with Crippen molar-refractivity contribution < 1.29 is 9.15 Å². The number of nitrogens with zero attached hydrogens (tertiary/aromatic N) is 2. The Kier molecular flexibility index (Phi) is 5.21. The highest BCUT2D eigenvalue weighted by molar-refractivity contribution is 9.10. The van der Waals surface area contributed by atoms with Gasteiger partial charge in [0.25, 0.3) is 5.89 Å². The summed E-state index contributed by atoms with van der Waals surface area (Å²) in [6, 6.07) is 13.4. The minimum Gasteiger partial charge on any atom is -0.483 e. The highest BCUT2D eigenvalue weighted by atomic mass is 79.9. The van der Waals surface area contributed by atoms with Crippen LogP contribution in [0, 0.1) is 0 Å². The summed E-state index contributed by atoms with van der Waals surface area (Å²) in [7, 11) is 0. The lowest BCUT2D eigenvalue weighted by atomic mass is 10.0. The molecule has 0 atom stereocenters. The first-order valence-electron chi connectivity index (χ1n) is 7.54. The maximum absolute atomic E-state index is 6.14. The van der Waals surface area contributed by atoms with Crippen LogP contribution in [0.1, 0.15) is 31.2 Å². The van der Waals surface area contributed by atoms with Gasteiger partial charge in [0.15, 0.2) is 6.61 Å². The molecule has 1 heterocycles. The summed E-state index contributed by atoms with van der Waals surface area (Å²) >= 11 is 9.67. The third-order valence-electron chi connectivity index (χ3n) is 3.54. The summed E-state index contributed by atoms with van der Waals surface area (Å²) < 4.78 is 12.3. The maximum atomic E-state index is 6.14. The predicted molar refractivity (Wildman–Crippen MR) is 97.3 cm³/mol. The van der Waals surface area contributed by atoms with Crippen LogP contribution in [0.5, 0.6) is 5.75 Å². The van der Waals surface area contributed by atoms with Crippen molar-refractivity contribution in [1.29, 1.82) is 0 Å². The fourth-order valence-electron chi connectivity index (χ4n) is 2.19. The highest BCUT2D eigenvalue weighted by Gasteiger charge is 2.12. The zero-order chi connectivity index (χ0) is 17.1. The fraction of sp³-hybridized carbons (Fsp3) is 0.222. The Bertz CT molecular complexity index is 849. The van der Waals surface area contributed by atoms with Crippen molar-refractivity contribution in [1.82, 2.24) is 10.2 Å². The van der Waals surface area contributed by atoms with Crippen LogP contribution in [0.4, 0.5) is 0 Å². The van der Waals surface area contributed by atoms with Gasteiger partial charge in [0, 0.05) is 0 Å². The van der Waals surface area contributed by atoms with Crippen LogP contribution >= 0.6 is 27.5 Å². The number of hydrogen-bond donors (Lipinski definition) is 0. The van der Waals surface area contributed by atoms with E-state index in [0.29, 0.717) is 28.3 Å². The summed E-state index contributed by atoms with van der Waals surface area (Å²) in [5.74, 6) is 1.97. The van der Waals surface area contributed by atoms with Gasteiger partial charge in [0.2, 0.25) is 5.89 Å². The third kappa shape index (κ3) is 3.79. The molecular weight excluding hydrogens is 392 g/mol. The Hall–Kier alpha value is -1.85. The first-order chi connectivity index (χ1) is 11.5. The van der Waals surface area contributed by atoms with Crippen LogP contribution < -0.4 is 4.74 Å². The van der Waals surface area contributed by atoms with Crippen molar-refractivity contribution in [3.63, 3.8) is 0 Å². The van der Waals surface area contributed by atoms with Crippen LogP contribution in [0.2, 0.25) is 5.02 Å². The molecule has 0 saturated heterocycles. The van der Waals surface area contributed by atoms with Crippen LogP contribution in [0.25, 0.3) is 11.5 Å². The Morgan fingerprint density at radius 1 is 1.17 bits per heavy atom. The van der Waals surface area contributed by atoms with Gasteiger partial charge in [-0.15, -0.1) is 10.2 Å². The summed E-state index contributed by atoms with van der Waals surface area (Å²) in [5.41, 5.74) is 1.95. The first kappa shape index (κ1) is 17.0. The van der Waals surface area contributed by atoms with Crippen LogP contribution in [-0.2, 0) is 6.61 Å². The number of ether oxygens (including phenoxy) is 1. The number of hydrogen-bond acceptors (Lipinski definition) is 4. The second-order valence-corrected chi connectivity index (χ2v) is 6.88. The Labute approximate surface area is 153 Å².